The Morgan fingerprint density at radius 2 is 1.67 bits per heavy atom. The average Bonchev–Trinajstić information content (AvgIpc) is 2.78. The first-order valence-electron chi connectivity index (χ1n) is 11.0. The second-order valence-corrected chi connectivity index (χ2v) is 7.00. The van der Waals surface area contributed by atoms with E-state index in [2.05, 4.69) is 20.9 Å². The number of aliphatic imine (C=N–C) groups is 1. The van der Waals surface area contributed by atoms with Crippen molar-refractivity contribution in [2.75, 3.05) is 32.8 Å². The van der Waals surface area contributed by atoms with E-state index in [-0.39, 0.29) is 41.7 Å². The van der Waals surface area contributed by atoms with Crippen LogP contribution in [0.3, 0.4) is 0 Å². The Balaban J connectivity index is 0.00000544. The minimum absolute atomic E-state index is 0. The zero-order valence-electron chi connectivity index (χ0n) is 19.7. The Morgan fingerprint density at radius 1 is 1.00 bits per heavy atom. The molecular formula is C24H35IN4O4. The Morgan fingerprint density at radius 3 is 2.30 bits per heavy atom. The number of phenolic OH excluding ortho intramolecular Hbond substituents is 1. The monoisotopic (exact) mass is 570 g/mol. The van der Waals surface area contributed by atoms with E-state index in [9.17, 15) is 9.90 Å². The van der Waals surface area contributed by atoms with Crippen molar-refractivity contribution < 1.29 is 19.4 Å². The molecule has 0 spiro atoms. The zero-order chi connectivity index (χ0) is 23.3. The molecule has 2 aromatic rings. The zero-order valence-corrected chi connectivity index (χ0v) is 22.0. The number of ether oxygens (including phenoxy) is 2. The van der Waals surface area contributed by atoms with Crippen molar-refractivity contribution in [2.24, 2.45) is 4.99 Å². The minimum atomic E-state index is -0.204. The number of guanidine groups is 1. The van der Waals surface area contributed by atoms with Crippen LogP contribution in [0.5, 0.6) is 17.2 Å². The average molecular weight is 570 g/mol. The number of carbonyl (C=O) groups is 1. The second kappa shape index (κ2) is 15.2. The first-order valence-corrected chi connectivity index (χ1v) is 11.0. The van der Waals surface area contributed by atoms with Gasteiger partial charge in [-0.15, -0.1) is 24.0 Å². The molecule has 0 saturated carbocycles. The van der Waals surface area contributed by atoms with E-state index in [0.29, 0.717) is 44.4 Å². The SMILES string of the molecule is CCNC(=NCCNC(=O)c1ccc(O)cc1)NC(C)c1ccc(OCC)c(OCC)c1.I. The van der Waals surface area contributed by atoms with Gasteiger partial charge in [-0.3, -0.25) is 9.79 Å². The van der Waals surface area contributed by atoms with Crippen LogP contribution in [0.15, 0.2) is 47.5 Å². The lowest BCUT2D eigenvalue weighted by molar-refractivity contribution is 0.0955. The summed E-state index contributed by atoms with van der Waals surface area (Å²) < 4.78 is 11.4. The quantitative estimate of drug-likeness (QED) is 0.142. The van der Waals surface area contributed by atoms with Crippen molar-refractivity contribution in [3.63, 3.8) is 0 Å². The van der Waals surface area contributed by atoms with Crippen LogP contribution in [0.4, 0.5) is 0 Å². The molecule has 1 amide bonds. The van der Waals surface area contributed by atoms with E-state index in [1.165, 1.54) is 12.1 Å². The molecular weight excluding hydrogens is 535 g/mol. The van der Waals surface area contributed by atoms with Crippen molar-refractivity contribution in [1.29, 1.82) is 0 Å². The third kappa shape index (κ3) is 9.37. The first-order chi connectivity index (χ1) is 15.5. The topological polar surface area (TPSA) is 104 Å². The molecule has 0 heterocycles. The minimum Gasteiger partial charge on any atom is -0.508 e. The smallest absolute Gasteiger partial charge is 0.251 e. The van der Waals surface area contributed by atoms with Gasteiger partial charge in [0, 0.05) is 18.7 Å². The van der Waals surface area contributed by atoms with Crippen molar-refractivity contribution >= 4 is 35.8 Å². The third-order valence-corrected chi connectivity index (χ3v) is 4.56. The normalized spacial score (nSPS) is 11.7. The highest BCUT2D eigenvalue weighted by molar-refractivity contribution is 14.0. The molecule has 0 saturated heterocycles. The fourth-order valence-corrected chi connectivity index (χ4v) is 3.00. The highest BCUT2D eigenvalue weighted by Gasteiger charge is 2.12. The highest BCUT2D eigenvalue weighted by atomic mass is 127. The van der Waals surface area contributed by atoms with Crippen LogP contribution in [-0.2, 0) is 0 Å². The molecule has 4 N–H and O–H groups in total. The van der Waals surface area contributed by atoms with Crippen LogP contribution < -0.4 is 25.4 Å². The summed E-state index contributed by atoms with van der Waals surface area (Å²) in [6.45, 7) is 10.6. The van der Waals surface area contributed by atoms with Crippen LogP contribution in [0.2, 0.25) is 0 Å². The van der Waals surface area contributed by atoms with Gasteiger partial charge in [0.05, 0.1) is 25.8 Å². The number of amides is 1. The van der Waals surface area contributed by atoms with Crippen molar-refractivity contribution in [3.8, 4) is 17.2 Å². The van der Waals surface area contributed by atoms with Crippen LogP contribution in [-0.4, -0.2) is 49.8 Å². The van der Waals surface area contributed by atoms with E-state index in [4.69, 9.17) is 9.47 Å². The lowest BCUT2D eigenvalue weighted by Gasteiger charge is -2.20. The summed E-state index contributed by atoms with van der Waals surface area (Å²) in [6.07, 6.45) is 0. The summed E-state index contributed by atoms with van der Waals surface area (Å²) in [7, 11) is 0. The number of halogens is 1. The number of nitrogens with one attached hydrogen (secondary N) is 3. The second-order valence-electron chi connectivity index (χ2n) is 7.00. The number of carbonyl (C=O) groups excluding carboxylic acids is 1. The number of nitrogens with zero attached hydrogens (tertiary/aromatic N) is 1. The van der Waals surface area contributed by atoms with E-state index >= 15 is 0 Å². The van der Waals surface area contributed by atoms with Crippen molar-refractivity contribution in [1.82, 2.24) is 16.0 Å². The van der Waals surface area contributed by atoms with Gasteiger partial charge in [-0.1, -0.05) is 6.07 Å². The summed E-state index contributed by atoms with van der Waals surface area (Å²) in [6, 6.07) is 12.0. The van der Waals surface area contributed by atoms with E-state index in [1.807, 2.05) is 45.9 Å². The summed E-state index contributed by atoms with van der Waals surface area (Å²) in [5.41, 5.74) is 1.54. The Bertz CT molecular complexity index is 891. The van der Waals surface area contributed by atoms with Crippen LogP contribution in [0.25, 0.3) is 0 Å². The highest BCUT2D eigenvalue weighted by Crippen LogP contribution is 2.30. The number of aromatic hydroxyl groups is 1. The van der Waals surface area contributed by atoms with Gasteiger partial charge in [-0.25, -0.2) is 0 Å². The molecule has 0 aliphatic carbocycles. The molecule has 2 rings (SSSR count). The van der Waals surface area contributed by atoms with Gasteiger partial charge in [-0.05, 0) is 69.7 Å². The van der Waals surface area contributed by atoms with Crippen LogP contribution in [0.1, 0.15) is 49.7 Å². The maximum Gasteiger partial charge on any atom is 0.251 e. The van der Waals surface area contributed by atoms with Crippen LogP contribution in [0, 0.1) is 0 Å². The van der Waals surface area contributed by atoms with Crippen molar-refractivity contribution in [3.05, 3.63) is 53.6 Å². The predicted octanol–water partition coefficient (Wildman–Crippen LogP) is 3.85. The molecule has 0 aliphatic heterocycles. The lowest BCUT2D eigenvalue weighted by atomic mass is 10.1. The van der Waals surface area contributed by atoms with E-state index in [0.717, 1.165) is 17.1 Å². The van der Waals surface area contributed by atoms with Crippen molar-refractivity contribution in [2.45, 2.75) is 33.7 Å². The summed E-state index contributed by atoms with van der Waals surface area (Å²) in [5.74, 6) is 2.03. The summed E-state index contributed by atoms with van der Waals surface area (Å²) in [5, 5.41) is 18.8. The molecule has 0 fully saturated rings. The largest absolute Gasteiger partial charge is 0.508 e. The molecule has 0 aromatic heterocycles. The molecule has 0 bridgehead atoms. The molecule has 0 radical (unpaired) electrons. The van der Waals surface area contributed by atoms with Gasteiger partial charge >= 0.3 is 0 Å². The number of benzene rings is 2. The molecule has 0 aliphatic rings. The fourth-order valence-electron chi connectivity index (χ4n) is 3.00. The maximum atomic E-state index is 12.2. The Labute approximate surface area is 213 Å². The Kier molecular flexibility index (Phi) is 13.1. The fraction of sp³-hybridized carbons (Fsp3) is 0.417. The summed E-state index contributed by atoms with van der Waals surface area (Å²) >= 11 is 0. The molecule has 1 unspecified atom stereocenters. The van der Waals surface area contributed by atoms with Crippen LogP contribution >= 0.6 is 24.0 Å². The van der Waals surface area contributed by atoms with Gasteiger partial charge in [0.15, 0.2) is 17.5 Å². The Hall–Kier alpha value is -2.69. The van der Waals surface area contributed by atoms with Gasteiger partial charge in [-0.2, -0.15) is 0 Å². The molecule has 1 atom stereocenters. The van der Waals surface area contributed by atoms with E-state index < -0.39 is 0 Å². The molecule has 33 heavy (non-hydrogen) atoms. The lowest BCUT2D eigenvalue weighted by Crippen LogP contribution is -2.39. The standard InChI is InChI=1S/C24H34N4O4.HI/c1-5-25-24(27-15-14-26-23(30)18-8-11-20(29)12-9-18)28-17(4)19-10-13-21(31-6-2)22(16-19)32-7-3;/h8-13,16-17,29H,5-7,14-15H2,1-4H3,(H,26,30)(H2,25,27,28);1H. The number of hydrogen-bond donors (Lipinski definition) is 4. The summed E-state index contributed by atoms with van der Waals surface area (Å²) in [4.78, 5) is 16.7. The third-order valence-electron chi connectivity index (χ3n) is 4.56. The van der Waals surface area contributed by atoms with Gasteiger partial charge in [0.2, 0.25) is 0 Å². The van der Waals surface area contributed by atoms with E-state index in [1.54, 1.807) is 12.1 Å². The number of hydrogen-bond acceptors (Lipinski definition) is 5. The molecule has 2 aromatic carbocycles. The maximum absolute atomic E-state index is 12.2. The first kappa shape index (κ1) is 28.3. The van der Waals surface area contributed by atoms with Gasteiger partial charge < -0.3 is 30.5 Å². The number of phenols is 1. The van der Waals surface area contributed by atoms with Gasteiger partial charge in [0.1, 0.15) is 5.75 Å². The number of rotatable bonds is 11. The van der Waals surface area contributed by atoms with Gasteiger partial charge in [0.25, 0.3) is 5.91 Å². The predicted molar refractivity (Wildman–Crippen MR) is 142 cm³/mol. The molecule has 182 valence electrons. The molecule has 9 heteroatoms. The molecule has 8 nitrogen and oxygen atoms in total.